The lowest BCUT2D eigenvalue weighted by molar-refractivity contribution is -0.123. The van der Waals surface area contributed by atoms with Crippen molar-refractivity contribution < 1.29 is 4.79 Å². The highest BCUT2D eigenvalue weighted by Crippen LogP contribution is 2.21. The molecule has 1 saturated carbocycles. The number of hydrogen-bond acceptors (Lipinski definition) is 3. The molecule has 0 spiro atoms. The molecule has 2 fully saturated rings. The van der Waals surface area contributed by atoms with Gasteiger partial charge in [-0.2, -0.15) is 0 Å². The maximum atomic E-state index is 12.0. The molecule has 1 atom stereocenters. The fraction of sp³-hybridized carbons (Fsp3) is 0.933. The van der Waals surface area contributed by atoms with Crippen LogP contribution in [-0.4, -0.2) is 54.3 Å². The Bertz CT molecular complexity index is 270. The molecule has 1 aliphatic heterocycles. The van der Waals surface area contributed by atoms with Crippen LogP contribution in [0.1, 0.15) is 46.0 Å². The zero-order chi connectivity index (χ0) is 13.0. The van der Waals surface area contributed by atoms with E-state index >= 15 is 0 Å². The van der Waals surface area contributed by atoms with Crippen LogP contribution < -0.4 is 0 Å². The minimum atomic E-state index is 0.332. The minimum Gasteiger partial charge on any atom is -0.300 e. The summed E-state index contributed by atoms with van der Waals surface area (Å²) in [6.45, 7) is 10.2. The van der Waals surface area contributed by atoms with Crippen LogP contribution in [0.25, 0.3) is 0 Å². The first-order chi connectivity index (χ1) is 8.66. The first kappa shape index (κ1) is 14.0. The van der Waals surface area contributed by atoms with Crippen LogP contribution in [0.15, 0.2) is 0 Å². The quantitative estimate of drug-likeness (QED) is 0.719. The average Bonchev–Trinajstić information content (AvgIpc) is 2.56. The first-order valence-electron chi connectivity index (χ1n) is 7.66. The van der Waals surface area contributed by atoms with Gasteiger partial charge >= 0.3 is 0 Å². The SMILES string of the molecule is CC(C)N1CCN(CC2CCCCCC2=O)CC1. The van der Waals surface area contributed by atoms with E-state index < -0.39 is 0 Å². The van der Waals surface area contributed by atoms with Gasteiger partial charge in [0.25, 0.3) is 0 Å². The molecule has 0 N–H and O–H groups in total. The molecule has 3 heteroatoms. The summed E-state index contributed by atoms with van der Waals surface area (Å²) >= 11 is 0. The predicted molar refractivity (Wildman–Crippen MR) is 74.7 cm³/mol. The summed E-state index contributed by atoms with van der Waals surface area (Å²) in [4.78, 5) is 17.1. The summed E-state index contributed by atoms with van der Waals surface area (Å²) in [5.74, 6) is 0.858. The van der Waals surface area contributed by atoms with Gasteiger partial charge in [0.05, 0.1) is 0 Å². The Morgan fingerprint density at radius 1 is 1.11 bits per heavy atom. The molecule has 0 bridgehead atoms. The van der Waals surface area contributed by atoms with Crippen LogP contribution in [0.4, 0.5) is 0 Å². The Balaban J connectivity index is 1.78. The molecule has 0 radical (unpaired) electrons. The Morgan fingerprint density at radius 3 is 2.50 bits per heavy atom. The van der Waals surface area contributed by atoms with Crippen LogP contribution in [-0.2, 0) is 4.79 Å². The van der Waals surface area contributed by atoms with Crippen molar-refractivity contribution in [3.63, 3.8) is 0 Å². The molecule has 2 rings (SSSR count). The van der Waals surface area contributed by atoms with E-state index in [1.54, 1.807) is 0 Å². The van der Waals surface area contributed by atoms with Gasteiger partial charge in [0.2, 0.25) is 0 Å². The highest BCUT2D eigenvalue weighted by atomic mass is 16.1. The zero-order valence-corrected chi connectivity index (χ0v) is 12.0. The van der Waals surface area contributed by atoms with E-state index in [0.29, 0.717) is 17.7 Å². The summed E-state index contributed by atoms with van der Waals surface area (Å²) < 4.78 is 0. The van der Waals surface area contributed by atoms with Gasteiger partial charge in [0.1, 0.15) is 5.78 Å². The van der Waals surface area contributed by atoms with Gasteiger partial charge in [-0.1, -0.05) is 12.8 Å². The van der Waals surface area contributed by atoms with Gasteiger partial charge in [-0.25, -0.2) is 0 Å². The molecule has 104 valence electrons. The van der Waals surface area contributed by atoms with Crippen LogP contribution in [0.2, 0.25) is 0 Å². The maximum Gasteiger partial charge on any atom is 0.137 e. The number of carbonyl (C=O) groups excluding carboxylic acids is 1. The highest BCUT2D eigenvalue weighted by Gasteiger charge is 2.25. The van der Waals surface area contributed by atoms with E-state index in [4.69, 9.17) is 0 Å². The monoisotopic (exact) mass is 252 g/mol. The molecular weight excluding hydrogens is 224 g/mol. The van der Waals surface area contributed by atoms with E-state index in [0.717, 1.165) is 38.9 Å². The molecule has 1 heterocycles. The average molecular weight is 252 g/mol. The lowest BCUT2D eigenvalue weighted by Crippen LogP contribution is -2.50. The van der Waals surface area contributed by atoms with E-state index in [9.17, 15) is 4.79 Å². The Labute approximate surface area is 112 Å². The van der Waals surface area contributed by atoms with Crippen LogP contribution in [0.3, 0.4) is 0 Å². The van der Waals surface area contributed by atoms with Gasteiger partial charge in [-0.3, -0.25) is 9.69 Å². The van der Waals surface area contributed by atoms with Crippen molar-refractivity contribution in [3.05, 3.63) is 0 Å². The summed E-state index contributed by atoms with van der Waals surface area (Å²) in [5.41, 5.74) is 0. The third-order valence-electron chi connectivity index (χ3n) is 4.55. The second kappa shape index (κ2) is 6.67. The van der Waals surface area contributed by atoms with Gasteiger partial charge in [0, 0.05) is 51.1 Å². The molecular formula is C15H28N2O. The second-order valence-electron chi connectivity index (χ2n) is 6.19. The smallest absolute Gasteiger partial charge is 0.137 e. The molecule has 1 unspecified atom stereocenters. The number of Topliss-reactive ketones (excluding diaryl/α,β-unsaturated/α-hetero) is 1. The van der Waals surface area contributed by atoms with Crippen LogP contribution in [0.5, 0.6) is 0 Å². The lowest BCUT2D eigenvalue weighted by atomic mass is 9.98. The van der Waals surface area contributed by atoms with E-state index in [1.807, 2.05) is 0 Å². The highest BCUT2D eigenvalue weighted by molar-refractivity contribution is 5.81. The third-order valence-corrected chi connectivity index (χ3v) is 4.55. The number of hydrogen-bond donors (Lipinski definition) is 0. The minimum absolute atomic E-state index is 0.332. The Morgan fingerprint density at radius 2 is 1.83 bits per heavy atom. The summed E-state index contributed by atoms with van der Waals surface area (Å²) in [5, 5.41) is 0. The molecule has 0 aromatic carbocycles. The maximum absolute atomic E-state index is 12.0. The van der Waals surface area contributed by atoms with E-state index in [2.05, 4.69) is 23.6 Å². The number of piperazine rings is 1. The van der Waals surface area contributed by atoms with Crippen molar-refractivity contribution in [1.29, 1.82) is 0 Å². The molecule has 0 aromatic heterocycles. The molecule has 18 heavy (non-hydrogen) atoms. The molecule has 2 aliphatic rings. The number of nitrogens with zero attached hydrogens (tertiary/aromatic N) is 2. The number of rotatable bonds is 3. The fourth-order valence-corrected chi connectivity index (χ4v) is 3.20. The van der Waals surface area contributed by atoms with Gasteiger partial charge in [-0.05, 0) is 26.7 Å². The lowest BCUT2D eigenvalue weighted by Gasteiger charge is -2.38. The molecule has 0 aromatic rings. The normalized spacial score (nSPS) is 28.6. The number of ketones is 1. The summed E-state index contributed by atoms with van der Waals surface area (Å²) in [6, 6.07) is 0.659. The molecule has 1 aliphatic carbocycles. The summed E-state index contributed by atoms with van der Waals surface area (Å²) in [6.07, 6.45) is 5.59. The van der Waals surface area contributed by atoms with E-state index in [1.165, 1.54) is 25.9 Å². The van der Waals surface area contributed by atoms with Gasteiger partial charge in [-0.15, -0.1) is 0 Å². The topological polar surface area (TPSA) is 23.6 Å². The predicted octanol–water partition coefficient (Wildman–Crippen LogP) is 2.16. The largest absolute Gasteiger partial charge is 0.300 e. The Kier molecular flexibility index (Phi) is 5.19. The molecule has 1 saturated heterocycles. The van der Waals surface area contributed by atoms with Crippen LogP contribution in [0, 0.1) is 5.92 Å². The fourth-order valence-electron chi connectivity index (χ4n) is 3.20. The van der Waals surface area contributed by atoms with Gasteiger partial charge in [0.15, 0.2) is 0 Å². The number of carbonyl (C=O) groups is 1. The zero-order valence-electron chi connectivity index (χ0n) is 12.0. The van der Waals surface area contributed by atoms with Gasteiger partial charge < -0.3 is 4.90 Å². The van der Waals surface area contributed by atoms with Crippen molar-refractivity contribution in [2.45, 2.75) is 52.0 Å². The van der Waals surface area contributed by atoms with Crippen molar-refractivity contribution in [2.75, 3.05) is 32.7 Å². The standard InChI is InChI=1S/C15H28N2O/c1-13(2)17-10-8-16(9-11-17)12-14-6-4-3-5-7-15(14)18/h13-14H,3-12H2,1-2H3. The van der Waals surface area contributed by atoms with Crippen molar-refractivity contribution >= 4 is 5.78 Å². The van der Waals surface area contributed by atoms with Crippen molar-refractivity contribution in [1.82, 2.24) is 9.80 Å². The van der Waals surface area contributed by atoms with Crippen molar-refractivity contribution in [3.8, 4) is 0 Å². The summed E-state index contributed by atoms with van der Waals surface area (Å²) in [7, 11) is 0. The van der Waals surface area contributed by atoms with E-state index in [-0.39, 0.29) is 0 Å². The molecule has 3 nitrogen and oxygen atoms in total. The Hall–Kier alpha value is -0.410. The first-order valence-corrected chi connectivity index (χ1v) is 7.66. The second-order valence-corrected chi connectivity index (χ2v) is 6.19. The van der Waals surface area contributed by atoms with Crippen molar-refractivity contribution in [2.24, 2.45) is 5.92 Å². The molecule has 0 amide bonds. The third kappa shape index (κ3) is 3.79. The van der Waals surface area contributed by atoms with Crippen LogP contribution >= 0.6 is 0 Å².